The molecule has 1 aromatic rings. The Balaban J connectivity index is 2.74. The minimum Gasteiger partial charge on any atom is -0.316 e. The average molecular weight is 248 g/mol. The molecule has 102 valence electrons. The Morgan fingerprint density at radius 1 is 1.22 bits per heavy atom. The summed E-state index contributed by atoms with van der Waals surface area (Å²) in [4.78, 5) is 4.11. The molecule has 0 fully saturated rings. The van der Waals surface area contributed by atoms with Crippen molar-refractivity contribution in [1.82, 2.24) is 10.3 Å². The Kier molecular flexibility index (Phi) is 6.96. The molecule has 18 heavy (non-hydrogen) atoms. The molecule has 0 aromatic carbocycles. The first-order valence-corrected chi connectivity index (χ1v) is 7.31. The molecule has 1 N–H and O–H groups in total. The Bertz CT molecular complexity index is 310. The maximum absolute atomic E-state index is 4.11. The van der Waals surface area contributed by atoms with Gasteiger partial charge in [0.2, 0.25) is 0 Å². The predicted molar refractivity (Wildman–Crippen MR) is 78.8 cm³/mol. The van der Waals surface area contributed by atoms with Crippen LogP contribution in [0.25, 0.3) is 0 Å². The molecule has 0 bridgehead atoms. The first-order valence-electron chi connectivity index (χ1n) is 7.31. The average Bonchev–Trinajstić information content (AvgIpc) is 2.43. The van der Waals surface area contributed by atoms with Crippen LogP contribution in [0.5, 0.6) is 0 Å². The van der Waals surface area contributed by atoms with Crippen molar-refractivity contribution in [2.45, 2.75) is 58.4 Å². The van der Waals surface area contributed by atoms with E-state index in [2.05, 4.69) is 50.3 Å². The summed E-state index contributed by atoms with van der Waals surface area (Å²) < 4.78 is 0. The summed E-state index contributed by atoms with van der Waals surface area (Å²) >= 11 is 0. The Morgan fingerprint density at radius 3 is 2.39 bits per heavy atom. The van der Waals surface area contributed by atoms with Gasteiger partial charge in [0.15, 0.2) is 0 Å². The molecule has 2 heteroatoms. The van der Waals surface area contributed by atoms with Crippen molar-refractivity contribution < 1.29 is 0 Å². The zero-order valence-electron chi connectivity index (χ0n) is 12.3. The van der Waals surface area contributed by atoms with E-state index in [1.165, 1.54) is 31.2 Å². The predicted octanol–water partition coefficient (Wildman–Crippen LogP) is 3.99. The van der Waals surface area contributed by atoms with E-state index < -0.39 is 0 Å². The fourth-order valence-electron chi connectivity index (χ4n) is 2.87. The third-order valence-corrected chi connectivity index (χ3v) is 4.06. The first kappa shape index (κ1) is 15.2. The summed E-state index contributed by atoms with van der Waals surface area (Å²) in [5.41, 5.74) is 1.39. The maximum Gasteiger partial charge on any atom is 0.0270 e. The standard InChI is InChI=1S/C16H28N2/c1-5-7-8-14(6-2)16(17-4)13(3)15-9-11-18-12-10-15/h9-14,16-17H,5-8H2,1-4H3. The Hall–Kier alpha value is -0.890. The van der Waals surface area contributed by atoms with Crippen molar-refractivity contribution in [3.05, 3.63) is 30.1 Å². The van der Waals surface area contributed by atoms with Crippen molar-refractivity contribution in [1.29, 1.82) is 0 Å². The highest BCUT2D eigenvalue weighted by atomic mass is 14.9. The summed E-state index contributed by atoms with van der Waals surface area (Å²) in [5, 5.41) is 3.54. The molecular formula is C16H28N2. The summed E-state index contributed by atoms with van der Waals surface area (Å²) in [6.07, 6.45) is 8.99. The van der Waals surface area contributed by atoms with Crippen LogP contribution in [0, 0.1) is 5.92 Å². The lowest BCUT2D eigenvalue weighted by atomic mass is 9.81. The number of aromatic nitrogens is 1. The van der Waals surface area contributed by atoms with Crippen LogP contribution in [-0.2, 0) is 0 Å². The van der Waals surface area contributed by atoms with Gasteiger partial charge in [-0.1, -0.05) is 40.0 Å². The number of unbranched alkanes of at least 4 members (excludes halogenated alkanes) is 1. The van der Waals surface area contributed by atoms with Crippen LogP contribution in [0.2, 0.25) is 0 Å². The van der Waals surface area contributed by atoms with Crippen molar-refractivity contribution in [2.75, 3.05) is 7.05 Å². The highest BCUT2D eigenvalue weighted by Gasteiger charge is 2.24. The molecule has 1 heterocycles. The van der Waals surface area contributed by atoms with Crippen LogP contribution < -0.4 is 5.32 Å². The summed E-state index contributed by atoms with van der Waals surface area (Å²) in [6, 6.07) is 4.84. The van der Waals surface area contributed by atoms with E-state index in [1.807, 2.05) is 12.4 Å². The van der Waals surface area contributed by atoms with E-state index in [1.54, 1.807) is 0 Å². The molecule has 0 amide bonds. The van der Waals surface area contributed by atoms with Gasteiger partial charge < -0.3 is 5.32 Å². The molecule has 0 radical (unpaired) electrons. The van der Waals surface area contributed by atoms with Gasteiger partial charge in [-0.15, -0.1) is 0 Å². The number of nitrogens with zero attached hydrogens (tertiary/aromatic N) is 1. The van der Waals surface area contributed by atoms with Gasteiger partial charge >= 0.3 is 0 Å². The van der Waals surface area contributed by atoms with Crippen molar-refractivity contribution in [2.24, 2.45) is 5.92 Å². The van der Waals surface area contributed by atoms with Gasteiger partial charge in [-0.3, -0.25) is 4.98 Å². The van der Waals surface area contributed by atoms with Crippen molar-refractivity contribution in [3.63, 3.8) is 0 Å². The van der Waals surface area contributed by atoms with Gasteiger partial charge in [-0.05, 0) is 43.0 Å². The smallest absolute Gasteiger partial charge is 0.0270 e. The van der Waals surface area contributed by atoms with Crippen LogP contribution in [0.4, 0.5) is 0 Å². The van der Waals surface area contributed by atoms with Crippen LogP contribution in [0.15, 0.2) is 24.5 Å². The molecular weight excluding hydrogens is 220 g/mol. The largest absolute Gasteiger partial charge is 0.316 e. The molecule has 3 unspecified atom stereocenters. The summed E-state index contributed by atoms with van der Waals surface area (Å²) in [5.74, 6) is 1.30. The number of nitrogens with one attached hydrogen (secondary N) is 1. The fourth-order valence-corrected chi connectivity index (χ4v) is 2.87. The van der Waals surface area contributed by atoms with E-state index in [0.29, 0.717) is 12.0 Å². The fraction of sp³-hybridized carbons (Fsp3) is 0.688. The third kappa shape index (κ3) is 4.09. The molecule has 0 aliphatic rings. The molecule has 0 aliphatic carbocycles. The summed E-state index contributed by atoms with van der Waals surface area (Å²) in [6.45, 7) is 6.91. The minimum atomic E-state index is 0.541. The number of pyridine rings is 1. The lowest BCUT2D eigenvalue weighted by molar-refractivity contribution is 0.299. The Labute approximate surface area is 112 Å². The quantitative estimate of drug-likeness (QED) is 0.752. The molecule has 1 aromatic heterocycles. The van der Waals surface area contributed by atoms with E-state index in [0.717, 1.165) is 5.92 Å². The van der Waals surface area contributed by atoms with Crippen molar-refractivity contribution >= 4 is 0 Å². The third-order valence-electron chi connectivity index (χ3n) is 4.06. The van der Waals surface area contributed by atoms with Crippen LogP contribution in [-0.4, -0.2) is 18.1 Å². The monoisotopic (exact) mass is 248 g/mol. The van der Waals surface area contributed by atoms with Gasteiger partial charge in [0.1, 0.15) is 0 Å². The number of rotatable bonds is 8. The zero-order chi connectivity index (χ0) is 13.4. The van der Waals surface area contributed by atoms with Gasteiger partial charge in [0.25, 0.3) is 0 Å². The second-order valence-electron chi connectivity index (χ2n) is 5.19. The van der Waals surface area contributed by atoms with Crippen molar-refractivity contribution in [3.8, 4) is 0 Å². The van der Waals surface area contributed by atoms with E-state index >= 15 is 0 Å². The van der Waals surface area contributed by atoms with Gasteiger partial charge in [0, 0.05) is 18.4 Å². The van der Waals surface area contributed by atoms with Gasteiger partial charge in [-0.2, -0.15) is 0 Å². The van der Waals surface area contributed by atoms with E-state index in [-0.39, 0.29) is 0 Å². The first-order chi connectivity index (χ1) is 8.74. The highest BCUT2D eigenvalue weighted by Crippen LogP contribution is 2.28. The van der Waals surface area contributed by atoms with E-state index in [9.17, 15) is 0 Å². The molecule has 0 aliphatic heterocycles. The van der Waals surface area contributed by atoms with E-state index in [4.69, 9.17) is 0 Å². The molecule has 1 rings (SSSR count). The molecule has 0 saturated carbocycles. The topological polar surface area (TPSA) is 24.9 Å². The van der Waals surface area contributed by atoms with Gasteiger partial charge in [-0.25, -0.2) is 0 Å². The number of likely N-dealkylation sites (N-methyl/N-ethyl adjacent to an activating group) is 1. The number of hydrogen-bond donors (Lipinski definition) is 1. The molecule has 3 atom stereocenters. The second-order valence-corrected chi connectivity index (χ2v) is 5.19. The normalized spacial score (nSPS) is 16.2. The molecule has 0 saturated heterocycles. The maximum atomic E-state index is 4.11. The molecule has 0 spiro atoms. The van der Waals surface area contributed by atoms with Crippen LogP contribution >= 0.6 is 0 Å². The lowest BCUT2D eigenvalue weighted by Gasteiger charge is -2.31. The highest BCUT2D eigenvalue weighted by molar-refractivity contribution is 5.17. The second kappa shape index (κ2) is 8.25. The van der Waals surface area contributed by atoms with Crippen LogP contribution in [0.1, 0.15) is 57.9 Å². The Morgan fingerprint density at radius 2 is 1.89 bits per heavy atom. The number of hydrogen-bond acceptors (Lipinski definition) is 2. The summed E-state index contributed by atoms with van der Waals surface area (Å²) in [7, 11) is 2.09. The SMILES string of the molecule is CCCCC(CC)C(NC)C(C)c1ccncc1. The zero-order valence-corrected chi connectivity index (χ0v) is 12.3. The lowest BCUT2D eigenvalue weighted by Crippen LogP contribution is -2.38. The van der Waals surface area contributed by atoms with Gasteiger partial charge in [0.05, 0.1) is 0 Å². The minimum absolute atomic E-state index is 0.541. The van der Waals surface area contributed by atoms with Crippen LogP contribution in [0.3, 0.4) is 0 Å². The molecule has 2 nitrogen and oxygen atoms in total.